The molecule has 1 amide bonds. The van der Waals surface area contributed by atoms with Crippen molar-refractivity contribution in [1.82, 2.24) is 0 Å². The second-order valence-corrected chi connectivity index (χ2v) is 6.80. The van der Waals surface area contributed by atoms with Gasteiger partial charge >= 0.3 is 11.9 Å². The lowest BCUT2D eigenvalue weighted by molar-refractivity contribution is -0.177. The lowest BCUT2D eigenvalue weighted by Crippen LogP contribution is -2.55. The molecule has 0 spiro atoms. The molecule has 0 unspecified atom stereocenters. The first kappa shape index (κ1) is 19.9. The highest BCUT2D eigenvalue weighted by Crippen LogP contribution is 2.23. The van der Waals surface area contributed by atoms with Gasteiger partial charge < -0.3 is 24.2 Å². The highest BCUT2D eigenvalue weighted by atomic mass is 16.6. The number of hydrogen-bond donors (Lipinski definition) is 1. The van der Waals surface area contributed by atoms with Gasteiger partial charge in [0, 0.05) is 12.2 Å². The number of carbonyl (C=O) groups excluding carboxylic acids is 3. The molecule has 1 saturated heterocycles. The number of amides is 1. The van der Waals surface area contributed by atoms with Crippen molar-refractivity contribution in [1.29, 1.82) is 0 Å². The number of aliphatic hydroxyl groups excluding tert-OH is 1. The topological polar surface area (TPSA) is 102 Å². The number of anilines is 1. The van der Waals surface area contributed by atoms with Crippen LogP contribution in [0.2, 0.25) is 0 Å². The monoisotopic (exact) mass is 365 g/mol. The largest absolute Gasteiger partial charge is 0.465 e. The average Bonchev–Trinajstić information content (AvgIpc) is 2.59. The van der Waals surface area contributed by atoms with E-state index in [9.17, 15) is 19.5 Å². The van der Waals surface area contributed by atoms with E-state index in [1.165, 1.54) is 18.1 Å². The van der Waals surface area contributed by atoms with E-state index in [0.29, 0.717) is 5.69 Å². The van der Waals surface area contributed by atoms with E-state index < -0.39 is 35.7 Å². The SMILES string of the molecule is COC(=O)c1cccc(N2CCO[C@H]([C@@H](O)C(=O)OC(C)(C)C)C2=O)c1. The standard InChI is InChI=1S/C18H23NO7/c1-18(2,3)26-17(23)13(20)14-15(21)19(8-9-25-14)12-7-5-6-11(10-12)16(22)24-4/h5-7,10,13-14,20H,8-9H2,1-4H3/t13-,14-/m1/s1. The molecule has 1 aliphatic heterocycles. The molecule has 8 heteroatoms. The van der Waals surface area contributed by atoms with Crippen molar-refractivity contribution in [2.24, 2.45) is 0 Å². The van der Waals surface area contributed by atoms with Crippen molar-refractivity contribution < 1.29 is 33.7 Å². The maximum Gasteiger partial charge on any atom is 0.338 e. The Morgan fingerprint density at radius 1 is 1.35 bits per heavy atom. The molecule has 26 heavy (non-hydrogen) atoms. The predicted octanol–water partition coefficient (Wildman–Crippen LogP) is 0.908. The Kier molecular flexibility index (Phi) is 5.99. The third kappa shape index (κ3) is 4.59. The summed E-state index contributed by atoms with van der Waals surface area (Å²) in [5, 5.41) is 10.2. The van der Waals surface area contributed by atoms with Crippen LogP contribution in [0.15, 0.2) is 24.3 Å². The molecule has 0 saturated carbocycles. The third-order valence-corrected chi connectivity index (χ3v) is 3.64. The molecule has 1 fully saturated rings. The number of hydrogen-bond acceptors (Lipinski definition) is 7. The fourth-order valence-electron chi connectivity index (χ4n) is 2.49. The van der Waals surface area contributed by atoms with Gasteiger partial charge in [-0.2, -0.15) is 0 Å². The summed E-state index contributed by atoms with van der Waals surface area (Å²) >= 11 is 0. The number of rotatable bonds is 4. The lowest BCUT2D eigenvalue weighted by atomic mass is 10.1. The number of nitrogens with zero attached hydrogens (tertiary/aromatic N) is 1. The summed E-state index contributed by atoms with van der Waals surface area (Å²) < 4.78 is 15.1. The van der Waals surface area contributed by atoms with Gasteiger partial charge in [0.15, 0.2) is 12.2 Å². The molecule has 1 aromatic rings. The summed E-state index contributed by atoms with van der Waals surface area (Å²) in [6, 6.07) is 6.33. The molecular weight excluding hydrogens is 342 g/mol. The normalized spacial score (nSPS) is 19.0. The van der Waals surface area contributed by atoms with Crippen LogP contribution in [-0.4, -0.2) is 61.0 Å². The van der Waals surface area contributed by atoms with Gasteiger partial charge in [-0.25, -0.2) is 9.59 Å². The smallest absolute Gasteiger partial charge is 0.338 e. The Morgan fingerprint density at radius 3 is 2.65 bits per heavy atom. The first-order chi connectivity index (χ1) is 12.1. The average molecular weight is 365 g/mol. The summed E-state index contributed by atoms with van der Waals surface area (Å²) in [5.74, 6) is -2.05. The number of esters is 2. The molecule has 1 N–H and O–H groups in total. The Balaban J connectivity index is 2.19. The van der Waals surface area contributed by atoms with Gasteiger partial charge in [-0.05, 0) is 39.0 Å². The first-order valence-corrected chi connectivity index (χ1v) is 8.16. The van der Waals surface area contributed by atoms with Gasteiger partial charge in [-0.15, -0.1) is 0 Å². The van der Waals surface area contributed by atoms with Crippen molar-refractivity contribution in [3.63, 3.8) is 0 Å². The van der Waals surface area contributed by atoms with Crippen LogP contribution in [-0.2, 0) is 23.8 Å². The molecule has 0 aliphatic carbocycles. The maximum atomic E-state index is 12.7. The zero-order valence-corrected chi connectivity index (χ0v) is 15.2. The minimum Gasteiger partial charge on any atom is -0.465 e. The van der Waals surface area contributed by atoms with Gasteiger partial charge in [0.2, 0.25) is 0 Å². The lowest BCUT2D eigenvalue weighted by Gasteiger charge is -2.34. The molecular formula is C18H23NO7. The van der Waals surface area contributed by atoms with Crippen LogP contribution in [0.25, 0.3) is 0 Å². The summed E-state index contributed by atoms with van der Waals surface area (Å²) in [6.45, 7) is 5.32. The van der Waals surface area contributed by atoms with Crippen LogP contribution in [0.5, 0.6) is 0 Å². The van der Waals surface area contributed by atoms with Crippen LogP contribution in [0, 0.1) is 0 Å². The van der Waals surface area contributed by atoms with E-state index in [1.807, 2.05) is 0 Å². The Bertz CT molecular complexity index is 695. The van der Waals surface area contributed by atoms with Gasteiger partial charge in [0.25, 0.3) is 5.91 Å². The minimum atomic E-state index is -1.74. The van der Waals surface area contributed by atoms with E-state index >= 15 is 0 Å². The van der Waals surface area contributed by atoms with Crippen LogP contribution in [0.3, 0.4) is 0 Å². The molecule has 142 valence electrons. The predicted molar refractivity (Wildman–Crippen MR) is 91.7 cm³/mol. The van der Waals surface area contributed by atoms with Gasteiger partial charge in [-0.1, -0.05) is 6.07 Å². The van der Waals surface area contributed by atoms with Crippen molar-refractivity contribution in [2.45, 2.75) is 38.6 Å². The van der Waals surface area contributed by atoms with Crippen molar-refractivity contribution in [2.75, 3.05) is 25.2 Å². The van der Waals surface area contributed by atoms with Gasteiger partial charge in [0.05, 0.1) is 19.3 Å². The summed E-state index contributed by atoms with van der Waals surface area (Å²) in [4.78, 5) is 37.8. The molecule has 1 aliphatic rings. The maximum absolute atomic E-state index is 12.7. The highest BCUT2D eigenvalue weighted by Gasteiger charge is 2.41. The number of morpholine rings is 1. The van der Waals surface area contributed by atoms with Crippen molar-refractivity contribution in [3.05, 3.63) is 29.8 Å². The molecule has 2 atom stereocenters. The molecule has 0 aromatic heterocycles. The van der Waals surface area contributed by atoms with Crippen LogP contribution < -0.4 is 4.90 Å². The summed E-state index contributed by atoms with van der Waals surface area (Å²) in [5.41, 5.74) is -0.0688. The fraction of sp³-hybridized carbons (Fsp3) is 0.500. The second kappa shape index (κ2) is 7.84. The molecule has 1 aromatic carbocycles. The summed E-state index contributed by atoms with van der Waals surface area (Å²) in [6.07, 6.45) is -3.12. The Morgan fingerprint density at radius 2 is 2.04 bits per heavy atom. The number of aliphatic hydroxyl groups is 1. The number of benzene rings is 1. The van der Waals surface area contributed by atoms with Crippen molar-refractivity contribution in [3.8, 4) is 0 Å². The minimum absolute atomic E-state index is 0.124. The van der Waals surface area contributed by atoms with E-state index in [0.717, 1.165) is 0 Å². The molecule has 8 nitrogen and oxygen atoms in total. The molecule has 0 bridgehead atoms. The fourth-order valence-corrected chi connectivity index (χ4v) is 2.49. The summed E-state index contributed by atoms with van der Waals surface area (Å²) in [7, 11) is 1.27. The Labute approximate surface area is 151 Å². The van der Waals surface area contributed by atoms with Crippen molar-refractivity contribution >= 4 is 23.5 Å². The zero-order chi connectivity index (χ0) is 19.5. The van der Waals surface area contributed by atoms with Crippen LogP contribution >= 0.6 is 0 Å². The third-order valence-electron chi connectivity index (χ3n) is 3.64. The van der Waals surface area contributed by atoms with E-state index in [2.05, 4.69) is 4.74 Å². The number of carbonyl (C=O) groups is 3. The first-order valence-electron chi connectivity index (χ1n) is 8.16. The number of methoxy groups -OCH3 is 1. The van der Waals surface area contributed by atoms with Gasteiger partial charge in [-0.3, -0.25) is 4.79 Å². The second-order valence-electron chi connectivity index (χ2n) is 6.80. The van der Waals surface area contributed by atoms with E-state index in [1.54, 1.807) is 39.0 Å². The highest BCUT2D eigenvalue weighted by molar-refractivity contribution is 6.01. The Hall–Kier alpha value is -2.45. The molecule has 0 radical (unpaired) electrons. The van der Waals surface area contributed by atoms with E-state index in [4.69, 9.17) is 9.47 Å². The van der Waals surface area contributed by atoms with E-state index in [-0.39, 0.29) is 18.7 Å². The van der Waals surface area contributed by atoms with Gasteiger partial charge in [0.1, 0.15) is 5.60 Å². The molecule has 1 heterocycles. The van der Waals surface area contributed by atoms with Crippen LogP contribution in [0.1, 0.15) is 31.1 Å². The molecule has 2 rings (SSSR count). The van der Waals surface area contributed by atoms with Crippen LogP contribution in [0.4, 0.5) is 5.69 Å². The quantitative estimate of drug-likeness (QED) is 0.791. The zero-order valence-electron chi connectivity index (χ0n) is 15.2. The number of ether oxygens (including phenoxy) is 3.